The number of anilines is 1. The zero-order chi connectivity index (χ0) is 19.2. The van der Waals surface area contributed by atoms with E-state index < -0.39 is 10.0 Å². The minimum Gasteiger partial charge on any atom is -0.354 e. The van der Waals surface area contributed by atoms with Gasteiger partial charge in [0.25, 0.3) is 0 Å². The summed E-state index contributed by atoms with van der Waals surface area (Å²) in [6, 6.07) is 15.9. The number of carbonyl (C=O) groups is 1. The average Bonchev–Trinajstić information content (AvgIpc) is 2.60. The molecule has 0 bridgehead atoms. The number of hydrogen-bond acceptors (Lipinski definition) is 4. The maximum absolute atomic E-state index is 12.2. The number of hydrogen-bond donors (Lipinski definition) is 1. The number of rotatable bonds is 7. The summed E-state index contributed by atoms with van der Waals surface area (Å²) in [6.45, 7) is 2.13. The molecule has 26 heavy (non-hydrogen) atoms. The second-order valence-electron chi connectivity index (χ2n) is 5.95. The molecule has 2 aromatic carbocycles. The average molecular weight is 371 g/mol. The Morgan fingerprint density at radius 3 is 2.38 bits per heavy atom. The summed E-state index contributed by atoms with van der Waals surface area (Å²) in [5.41, 5.74) is 3.06. The van der Waals surface area contributed by atoms with E-state index in [2.05, 4.69) is 5.32 Å². The molecule has 0 spiro atoms. The van der Waals surface area contributed by atoms with Crippen LogP contribution in [0.15, 0.2) is 48.5 Å². The molecule has 0 saturated carbocycles. The van der Waals surface area contributed by atoms with E-state index in [1.54, 1.807) is 0 Å². The van der Waals surface area contributed by atoms with Crippen LogP contribution < -0.4 is 9.62 Å². The number of amides is 1. The molecule has 0 saturated heterocycles. The van der Waals surface area contributed by atoms with Crippen molar-refractivity contribution in [3.8, 4) is 6.07 Å². The Balaban J connectivity index is 2.00. The van der Waals surface area contributed by atoms with Gasteiger partial charge in [-0.15, -0.1) is 0 Å². The maximum atomic E-state index is 12.2. The monoisotopic (exact) mass is 371 g/mol. The molecule has 1 amide bonds. The van der Waals surface area contributed by atoms with Crippen LogP contribution >= 0.6 is 0 Å². The van der Waals surface area contributed by atoms with Crippen molar-refractivity contribution in [3.05, 3.63) is 65.2 Å². The van der Waals surface area contributed by atoms with Crippen molar-refractivity contribution in [1.82, 2.24) is 5.32 Å². The van der Waals surface area contributed by atoms with Crippen molar-refractivity contribution in [2.75, 3.05) is 23.7 Å². The predicted octanol–water partition coefficient (Wildman–Crippen LogP) is 1.99. The summed E-state index contributed by atoms with van der Waals surface area (Å²) in [5, 5.41) is 11.6. The van der Waals surface area contributed by atoms with Crippen LogP contribution in [0.4, 0.5) is 5.69 Å². The number of carbonyl (C=O) groups excluding carboxylic acids is 1. The third-order valence-electron chi connectivity index (χ3n) is 3.95. The lowest BCUT2D eigenvalue weighted by atomic mass is 10.1. The summed E-state index contributed by atoms with van der Waals surface area (Å²) < 4.78 is 25.1. The SMILES string of the molecule is Cc1ccccc1CCNC(=O)CN(c1ccc(C#N)cc1)S(C)(=O)=O. The Labute approximate surface area is 154 Å². The molecular weight excluding hydrogens is 350 g/mol. The second-order valence-corrected chi connectivity index (χ2v) is 7.86. The van der Waals surface area contributed by atoms with Gasteiger partial charge in [-0.3, -0.25) is 9.10 Å². The van der Waals surface area contributed by atoms with Crippen LogP contribution in [0.2, 0.25) is 0 Å². The maximum Gasteiger partial charge on any atom is 0.240 e. The number of aryl methyl sites for hydroxylation is 1. The fourth-order valence-corrected chi connectivity index (χ4v) is 3.37. The molecule has 0 aliphatic rings. The molecular formula is C19H21N3O3S. The van der Waals surface area contributed by atoms with Crippen molar-refractivity contribution in [2.24, 2.45) is 0 Å². The molecule has 0 heterocycles. The van der Waals surface area contributed by atoms with Crippen LogP contribution in [-0.2, 0) is 21.2 Å². The molecule has 0 unspecified atom stereocenters. The van der Waals surface area contributed by atoms with Crippen LogP contribution in [0.25, 0.3) is 0 Å². The summed E-state index contributed by atoms with van der Waals surface area (Å²) >= 11 is 0. The Kier molecular flexibility index (Phi) is 6.36. The van der Waals surface area contributed by atoms with Crippen LogP contribution in [0.5, 0.6) is 0 Å². The number of nitrogens with zero attached hydrogens (tertiary/aromatic N) is 2. The second kappa shape index (κ2) is 8.50. The van der Waals surface area contributed by atoms with Crippen molar-refractivity contribution in [1.29, 1.82) is 5.26 Å². The molecule has 2 rings (SSSR count). The van der Waals surface area contributed by atoms with Gasteiger partial charge in [0.2, 0.25) is 15.9 Å². The first-order valence-electron chi connectivity index (χ1n) is 8.10. The van der Waals surface area contributed by atoms with Crippen molar-refractivity contribution in [3.63, 3.8) is 0 Å². The Morgan fingerprint density at radius 2 is 1.81 bits per heavy atom. The largest absolute Gasteiger partial charge is 0.354 e. The molecule has 2 aromatic rings. The Morgan fingerprint density at radius 1 is 1.15 bits per heavy atom. The lowest BCUT2D eigenvalue weighted by Gasteiger charge is -2.22. The van der Waals surface area contributed by atoms with Crippen molar-refractivity contribution < 1.29 is 13.2 Å². The van der Waals surface area contributed by atoms with Gasteiger partial charge in [-0.05, 0) is 48.7 Å². The molecule has 0 fully saturated rings. The number of nitriles is 1. The predicted molar refractivity (Wildman–Crippen MR) is 101 cm³/mol. The lowest BCUT2D eigenvalue weighted by molar-refractivity contribution is -0.119. The van der Waals surface area contributed by atoms with E-state index in [0.29, 0.717) is 24.2 Å². The summed E-state index contributed by atoms with van der Waals surface area (Å²) in [7, 11) is -3.63. The van der Waals surface area contributed by atoms with Gasteiger partial charge in [0.1, 0.15) is 6.54 Å². The Bertz CT molecular complexity index is 916. The highest BCUT2D eigenvalue weighted by molar-refractivity contribution is 7.92. The zero-order valence-electron chi connectivity index (χ0n) is 14.8. The first-order valence-corrected chi connectivity index (χ1v) is 9.95. The summed E-state index contributed by atoms with van der Waals surface area (Å²) in [5.74, 6) is -0.381. The summed E-state index contributed by atoms with van der Waals surface area (Å²) in [4.78, 5) is 12.2. The van der Waals surface area contributed by atoms with E-state index in [1.165, 1.54) is 24.3 Å². The minimum atomic E-state index is -3.63. The molecule has 7 heteroatoms. The van der Waals surface area contributed by atoms with E-state index in [9.17, 15) is 13.2 Å². The Hall–Kier alpha value is -2.85. The number of nitrogens with one attached hydrogen (secondary N) is 1. The topological polar surface area (TPSA) is 90.3 Å². The lowest BCUT2D eigenvalue weighted by Crippen LogP contribution is -2.41. The van der Waals surface area contributed by atoms with Gasteiger partial charge in [0.15, 0.2) is 0 Å². The van der Waals surface area contributed by atoms with Gasteiger partial charge in [0, 0.05) is 6.54 Å². The summed E-state index contributed by atoms with van der Waals surface area (Å²) in [6.07, 6.45) is 1.72. The highest BCUT2D eigenvalue weighted by Gasteiger charge is 2.20. The van der Waals surface area contributed by atoms with Gasteiger partial charge in [-0.1, -0.05) is 24.3 Å². The number of benzene rings is 2. The van der Waals surface area contributed by atoms with E-state index >= 15 is 0 Å². The van der Waals surface area contributed by atoms with Crippen LogP contribution in [0.1, 0.15) is 16.7 Å². The molecule has 0 aliphatic heterocycles. The van der Waals surface area contributed by atoms with Gasteiger partial charge < -0.3 is 5.32 Å². The van der Waals surface area contributed by atoms with Gasteiger partial charge >= 0.3 is 0 Å². The van der Waals surface area contributed by atoms with Crippen molar-refractivity contribution >= 4 is 21.6 Å². The van der Waals surface area contributed by atoms with Gasteiger partial charge in [-0.2, -0.15) is 5.26 Å². The molecule has 6 nitrogen and oxygen atoms in total. The highest BCUT2D eigenvalue weighted by atomic mass is 32.2. The van der Waals surface area contributed by atoms with E-state index in [1.807, 2.05) is 37.3 Å². The van der Waals surface area contributed by atoms with E-state index in [0.717, 1.165) is 21.7 Å². The van der Waals surface area contributed by atoms with Crippen LogP contribution in [-0.4, -0.2) is 33.7 Å². The quantitative estimate of drug-likeness (QED) is 0.806. The number of sulfonamides is 1. The fourth-order valence-electron chi connectivity index (χ4n) is 2.52. The fraction of sp³-hybridized carbons (Fsp3) is 0.263. The third kappa shape index (κ3) is 5.33. The standard InChI is InChI=1S/C19H21N3O3S/c1-15-5-3-4-6-17(15)11-12-21-19(23)14-22(26(2,24)25)18-9-7-16(13-20)8-10-18/h3-10H,11-12,14H2,1-2H3,(H,21,23). The van der Waals surface area contributed by atoms with Gasteiger partial charge in [-0.25, -0.2) is 8.42 Å². The van der Waals surface area contributed by atoms with E-state index in [4.69, 9.17) is 5.26 Å². The van der Waals surface area contributed by atoms with E-state index in [-0.39, 0.29) is 12.5 Å². The smallest absolute Gasteiger partial charge is 0.240 e. The minimum absolute atomic E-state index is 0.307. The molecule has 0 radical (unpaired) electrons. The third-order valence-corrected chi connectivity index (χ3v) is 5.09. The van der Waals surface area contributed by atoms with Gasteiger partial charge in [0.05, 0.1) is 23.6 Å². The molecule has 1 N–H and O–H groups in total. The molecule has 0 aliphatic carbocycles. The highest BCUT2D eigenvalue weighted by Crippen LogP contribution is 2.17. The molecule has 0 atom stereocenters. The molecule has 136 valence electrons. The van der Waals surface area contributed by atoms with Crippen LogP contribution in [0.3, 0.4) is 0 Å². The molecule has 0 aromatic heterocycles. The normalized spacial score (nSPS) is 10.8. The zero-order valence-corrected chi connectivity index (χ0v) is 15.6. The first-order chi connectivity index (χ1) is 12.3. The first kappa shape index (κ1) is 19.5. The van der Waals surface area contributed by atoms with Crippen LogP contribution in [0, 0.1) is 18.3 Å². The van der Waals surface area contributed by atoms with Crippen molar-refractivity contribution in [2.45, 2.75) is 13.3 Å².